The first kappa shape index (κ1) is 21.5. The molecule has 0 bridgehead atoms. The number of nitrogens with zero attached hydrogens (tertiary/aromatic N) is 6. The molecule has 0 atom stereocenters. The lowest BCUT2D eigenvalue weighted by atomic mass is 10.1. The van der Waals surface area contributed by atoms with Crippen molar-refractivity contribution in [3.05, 3.63) is 36.7 Å². The SMILES string of the molecule is COCCN1CCC(n2ncc3c(N4CCOCC4)nc(-c4ccc5[nH]ccc5c4)nc32)CC1. The Labute approximate surface area is 198 Å². The second-order valence-electron chi connectivity index (χ2n) is 9.14. The molecular formula is C25H31N7O2. The van der Waals surface area contributed by atoms with Crippen molar-refractivity contribution in [1.29, 1.82) is 0 Å². The van der Waals surface area contributed by atoms with E-state index in [9.17, 15) is 0 Å². The summed E-state index contributed by atoms with van der Waals surface area (Å²) < 4.78 is 13.0. The lowest BCUT2D eigenvalue weighted by Crippen LogP contribution is -2.37. The summed E-state index contributed by atoms with van der Waals surface area (Å²) in [5.41, 5.74) is 3.06. The Kier molecular flexibility index (Phi) is 5.90. The van der Waals surface area contributed by atoms with E-state index in [1.807, 2.05) is 12.4 Å². The lowest BCUT2D eigenvalue weighted by molar-refractivity contribution is 0.120. The predicted molar refractivity (Wildman–Crippen MR) is 132 cm³/mol. The molecule has 0 spiro atoms. The van der Waals surface area contributed by atoms with Crippen molar-refractivity contribution in [3.8, 4) is 11.4 Å². The molecule has 2 aliphatic rings. The van der Waals surface area contributed by atoms with Gasteiger partial charge in [0.2, 0.25) is 0 Å². The number of hydrogen-bond donors (Lipinski definition) is 1. The highest BCUT2D eigenvalue weighted by atomic mass is 16.5. The number of morpholine rings is 1. The summed E-state index contributed by atoms with van der Waals surface area (Å²) in [6, 6.07) is 8.77. The summed E-state index contributed by atoms with van der Waals surface area (Å²) in [6.45, 7) is 6.94. The fourth-order valence-electron chi connectivity index (χ4n) is 5.12. The zero-order chi connectivity index (χ0) is 22.9. The molecule has 0 radical (unpaired) electrons. The first-order chi connectivity index (χ1) is 16.8. The van der Waals surface area contributed by atoms with Crippen LogP contribution in [-0.2, 0) is 9.47 Å². The maximum Gasteiger partial charge on any atom is 0.164 e. The van der Waals surface area contributed by atoms with Crippen molar-refractivity contribution in [2.75, 3.05) is 64.6 Å². The number of anilines is 1. The number of ether oxygens (including phenoxy) is 2. The van der Waals surface area contributed by atoms with Crippen molar-refractivity contribution in [2.24, 2.45) is 0 Å². The second kappa shape index (κ2) is 9.32. The van der Waals surface area contributed by atoms with Crippen LogP contribution >= 0.6 is 0 Å². The summed E-state index contributed by atoms with van der Waals surface area (Å²) in [5.74, 6) is 1.71. The van der Waals surface area contributed by atoms with Gasteiger partial charge in [-0.25, -0.2) is 14.6 Å². The van der Waals surface area contributed by atoms with E-state index in [1.54, 1.807) is 7.11 Å². The third-order valence-corrected chi connectivity index (χ3v) is 7.07. The van der Waals surface area contributed by atoms with Gasteiger partial charge in [-0.15, -0.1) is 0 Å². The number of aromatic amines is 1. The Hall–Kier alpha value is -3.01. The maximum atomic E-state index is 5.60. The Morgan fingerprint density at radius 2 is 1.94 bits per heavy atom. The molecule has 0 unspecified atom stereocenters. The van der Waals surface area contributed by atoms with E-state index in [-0.39, 0.29) is 0 Å². The molecule has 1 aromatic carbocycles. The number of aromatic nitrogens is 5. The first-order valence-electron chi connectivity index (χ1n) is 12.2. The van der Waals surface area contributed by atoms with E-state index < -0.39 is 0 Å². The lowest BCUT2D eigenvalue weighted by Gasteiger charge is -2.32. The third-order valence-electron chi connectivity index (χ3n) is 7.07. The zero-order valence-corrected chi connectivity index (χ0v) is 19.6. The van der Waals surface area contributed by atoms with E-state index in [2.05, 4.69) is 43.7 Å². The van der Waals surface area contributed by atoms with Gasteiger partial charge in [-0.3, -0.25) is 0 Å². The van der Waals surface area contributed by atoms with Crippen LogP contribution in [0.15, 0.2) is 36.7 Å². The topological polar surface area (TPSA) is 84.3 Å². The molecule has 0 amide bonds. The molecule has 4 aromatic rings. The largest absolute Gasteiger partial charge is 0.383 e. The third kappa shape index (κ3) is 4.04. The summed E-state index contributed by atoms with van der Waals surface area (Å²) in [7, 11) is 1.76. The molecule has 9 heteroatoms. The Morgan fingerprint density at radius 1 is 1.09 bits per heavy atom. The predicted octanol–water partition coefficient (Wildman–Crippen LogP) is 3.09. The number of H-pyrrole nitrogens is 1. The van der Waals surface area contributed by atoms with Crippen LogP contribution in [0.1, 0.15) is 18.9 Å². The average Bonchev–Trinajstić information content (AvgIpc) is 3.54. The van der Waals surface area contributed by atoms with E-state index in [4.69, 9.17) is 24.5 Å². The van der Waals surface area contributed by atoms with Gasteiger partial charge in [-0.2, -0.15) is 5.10 Å². The van der Waals surface area contributed by atoms with Crippen LogP contribution in [-0.4, -0.2) is 89.3 Å². The zero-order valence-electron chi connectivity index (χ0n) is 19.6. The number of hydrogen-bond acceptors (Lipinski definition) is 7. The number of likely N-dealkylation sites (tertiary alicyclic amines) is 1. The molecule has 6 rings (SSSR count). The van der Waals surface area contributed by atoms with Gasteiger partial charge < -0.3 is 24.3 Å². The highest BCUT2D eigenvalue weighted by Crippen LogP contribution is 2.32. The number of piperidine rings is 1. The number of rotatable bonds is 6. The van der Waals surface area contributed by atoms with Gasteiger partial charge >= 0.3 is 0 Å². The van der Waals surface area contributed by atoms with Gasteiger partial charge in [0.15, 0.2) is 11.5 Å². The van der Waals surface area contributed by atoms with Crippen LogP contribution in [0.4, 0.5) is 5.82 Å². The highest BCUT2D eigenvalue weighted by Gasteiger charge is 2.26. The standard InChI is InChI=1S/C25H31N7O2/c1-33-13-10-30-8-5-20(6-9-30)32-25-21(17-27-32)24(31-11-14-34-15-12-31)28-23(29-25)19-2-3-22-18(16-19)4-7-26-22/h2-4,7,16-17,20,26H,5-6,8-15H2,1H3. The minimum atomic E-state index is 0.337. The minimum absolute atomic E-state index is 0.337. The molecule has 178 valence electrons. The summed E-state index contributed by atoms with van der Waals surface area (Å²) in [6.07, 6.45) is 6.03. The minimum Gasteiger partial charge on any atom is -0.383 e. The van der Waals surface area contributed by atoms with Crippen LogP contribution in [0.3, 0.4) is 0 Å². The molecule has 5 heterocycles. The molecule has 0 aliphatic carbocycles. The van der Waals surface area contributed by atoms with E-state index in [0.29, 0.717) is 19.3 Å². The number of methoxy groups -OCH3 is 1. The Bertz CT molecular complexity index is 1270. The van der Waals surface area contributed by atoms with E-state index in [0.717, 1.165) is 91.3 Å². The second-order valence-corrected chi connectivity index (χ2v) is 9.14. The fourth-order valence-corrected chi connectivity index (χ4v) is 5.12. The highest BCUT2D eigenvalue weighted by molar-refractivity contribution is 5.90. The Balaban J connectivity index is 1.39. The van der Waals surface area contributed by atoms with E-state index in [1.165, 1.54) is 0 Å². The molecule has 9 nitrogen and oxygen atoms in total. The number of nitrogens with one attached hydrogen (secondary N) is 1. The molecular weight excluding hydrogens is 430 g/mol. The van der Waals surface area contributed by atoms with Crippen molar-refractivity contribution in [2.45, 2.75) is 18.9 Å². The molecule has 34 heavy (non-hydrogen) atoms. The van der Waals surface area contributed by atoms with Crippen LogP contribution in [0.5, 0.6) is 0 Å². The number of benzene rings is 1. The molecule has 2 aliphatic heterocycles. The first-order valence-corrected chi connectivity index (χ1v) is 12.2. The maximum absolute atomic E-state index is 5.60. The van der Waals surface area contributed by atoms with Crippen molar-refractivity contribution >= 4 is 27.8 Å². The van der Waals surface area contributed by atoms with Gasteiger partial charge in [-0.1, -0.05) is 0 Å². The van der Waals surface area contributed by atoms with Crippen LogP contribution in [0.25, 0.3) is 33.3 Å². The average molecular weight is 462 g/mol. The molecule has 3 aromatic heterocycles. The smallest absolute Gasteiger partial charge is 0.164 e. The summed E-state index contributed by atoms with van der Waals surface area (Å²) in [5, 5.41) is 7.03. The summed E-state index contributed by atoms with van der Waals surface area (Å²) in [4.78, 5) is 18.2. The van der Waals surface area contributed by atoms with E-state index >= 15 is 0 Å². The molecule has 1 N–H and O–H groups in total. The van der Waals surface area contributed by atoms with Gasteiger partial charge in [0.25, 0.3) is 0 Å². The quantitative estimate of drug-likeness (QED) is 0.472. The van der Waals surface area contributed by atoms with Crippen LogP contribution < -0.4 is 4.90 Å². The van der Waals surface area contributed by atoms with Gasteiger partial charge in [0, 0.05) is 62.5 Å². The molecule has 2 fully saturated rings. The molecule has 0 saturated carbocycles. The van der Waals surface area contributed by atoms with Crippen molar-refractivity contribution in [1.82, 2.24) is 29.6 Å². The molecule has 2 saturated heterocycles. The Morgan fingerprint density at radius 3 is 2.76 bits per heavy atom. The van der Waals surface area contributed by atoms with Crippen molar-refractivity contribution < 1.29 is 9.47 Å². The van der Waals surface area contributed by atoms with Gasteiger partial charge in [-0.05, 0) is 37.1 Å². The normalized spacial score (nSPS) is 18.3. The van der Waals surface area contributed by atoms with Gasteiger partial charge in [0.05, 0.1) is 37.4 Å². The monoisotopic (exact) mass is 461 g/mol. The van der Waals surface area contributed by atoms with Crippen LogP contribution in [0.2, 0.25) is 0 Å². The van der Waals surface area contributed by atoms with Crippen LogP contribution in [0, 0.1) is 0 Å². The van der Waals surface area contributed by atoms with Gasteiger partial charge in [0.1, 0.15) is 5.82 Å². The summed E-state index contributed by atoms with van der Waals surface area (Å²) >= 11 is 0. The van der Waals surface area contributed by atoms with Crippen molar-refractivity contribution in [3.63, 3.8) is 0 Å². The number of fused-ring (bicyclic) bond motifs is 2. The fraction of sp³-hybridized carbons (Fsp3) is 0.480.